The van der Waals surface area contributed by atoms with Crippen molar-refractivity contribution in [2.45, 2.75) is 13.5 Å². The van der Waals surface area contributed by atoms with Crippen LogP contribution in [0.1, 0.15) is 16.7 Å². The number of rotatable bonds is 5. The lowest BCUT2D eigenvalue weighted by atomic mass is 10.1. The van der Waals surface area contributed by atoms with Crippen molar-refractivity contribution < 1.29 is 18.7 Å². The zero-order valence-corrected chi connectivity index (χ0v) is 15.1. The highest BCUT2D eigenvalue weighted by Crippen LogP contribution is 2.25. The van der Waals surface area contributed by atoms with Crippen LogP contribution in [0.15, 0.2) is 51.7 Å². The Labute approximate surface area is 159 Å². The molecular weight excluding hydrogens is 370 g/mol. The number of hydrogen-bond donors (Lipinski definition) is 0. The van der Waals surface area contributed by atoms with E-state index in [0.29, 0.717) is 32.9 Å². The smallest absolute Gasteiger partial charge is 0.344 e. The zero-order chi connectivity index (χ0) is 19.4. The minimum absolute atomic E-state index is 0.135. The van der Waals surface area contributed by atoms with Crippen LogP contribution in [-0.4, -0.2) is 12.6 Å². The molecule has 0 saturated heterocycles. The van der Waals surface area contributed by atoms with Crippen LogP contribution in [0.5, 0.6) is 5.75 Å². The van der Waals surface area contributed by atoms with Gasteiger partial charge in [-0.2, -0.15) is 5.26 Å². The molecule has 27 heavy (non-hydrogen) atoms. The zero-order valence-electron chi connectivity index (χ0n) is 14.3. The first-order chi connectivity index (χ1) is 13.0. The summed E-state index contributed by atoms with van der Waals surface area (Å²) < 4.78 is 15.7. The fourth-order valence-corrected chi connectivity index (χ4v) is 2.65. The summed E-state index contributed by atoms with van der Waals surface area (Å²) in [7, 11) is 0. The fraction of sp³-hybridized carbons (Fsp3) is 0.150. The summed E-state index contributed by atoms with van der Waals surface area (Å²) in [6, 6.07) is 13.1. The van der Waals surface area contributed by atoms with Crippen molar-refractivity contribution in [3.63, 3.8) is 0 Å². The second-order valence-corrected chi connectivity index (χ2v) is 6.15. The molecular formula is C20H14ClNO5. The fourth-order valence-electron chi connectivity index (χ4n) is 2.49. The van der Waals surface area contributed by atoms with Crippen LogP contribution in [0, 0.1) is 18.3 Å². The van der Waals surface area contributed by atoms with E-state index in [9.17, 15) is 9.59 Å². The molecule has 0 unspecified atom stereocenters. The molecule has 0 amide bonds. The maximum absolute atomic E-state index is 12.0. The average Bonchev–Trinajstić information content (AvgIpc) is 2.66. The lowest BCUT2D eigenvalue weighted by molar-refractivity contribution is -0.147. The summed E-state index contributed by atoms with van der Waals surface area (Å²) in [6.45, 7) is 1.30. The van der Waals surface area contributed by atoms with Gasteiger partial charge in [0.1, 0.15) is 24.0 Å². The number of fused-ring (bicyclic) bond motifs is 1. The third kappa shape index (κ3) is 4.27. The van der Waals surface area contributed by atoms with Crippen LogP contribution in [0.3, 0.4) is 0 Å². The lowest BCUT2D eigenvalue weighted by Gasteiger charge is -2.10. The first-order valence-electron chi connectivity index (χ1n) is 7.98. The highest BCUT2D eigenvalue weighted by atomic mass is 35.5. The maximum atomic E-state index is 12.0. The van der Waals surface area contributed by atoms with E-state index < -0.39 is 11.6 Å². The van der Waals surface area contributed by atoms with Gasteiger partial charge < -0.3 is 13.9 Å². The second kappa shape index (κ2) is 7.94. The van der Waals surface area contributed by atoms with E-state index in [1.807, 2.05) is 6.07 Å². The van der Waals surface area contributed by atoms with E-state index in [-0.39, 0.29) is 13.2 Å². The molecule has 1 heterocycles. The molecule has 0 aliphatic carbocycles. The van der Waals surface area contributed by atoms with Crippen LogP contribution in [0.4, 0.5) is 0 Å². The van der Waals surface area contributed by atoms with Crippen molar-refractivity contribution in [1.82, 2.24) is 0 Å². The molecule has 3 aromatic rings. The third-order valence-electron chi connectivity index (χ3n) is 3.85. The molecule has 6 nitrogen and oxygen atoms in total. The molecule has 0 aliphatic rings. The first-order valence-corrected chi connectivity index (χ1v) is 8.36. The van der Waals surface area contributed by atoms with Gasteiger partial charge in [0, 0.05) is 22.0 Å². The highest BCUT2D eigenvalue weighted by molar-refractivity contribution is 6.32. The molecule has 0 fully saturated rings. The molecule has 0 bridgehead atoms. The van der Waals surface area contributed by atoms with Gasteiger partial charge in [0.25, 0.3) is 0 Å². The SMILES string of the molecule is Cc1cc2oc(=O)cc(COC(=O)COc3ccccc3C#N)c2cc1Cl. The molecule has 0 aliphatic heterocycles. The molecule has 136 valence electrons. The van der Waals surface area contributed by atoms with Gasteiger partial charge in [-0.05, 0) is 36.8 Å². The molecule has 1 aromatic heterocycles. The van der Waals surface area contributed by atoms with Crippen molar-refractivity contribution >= 4 is 28.5 Å². The molecule has 0 radical (unpaired) electrons. The number of halogens is 1. The highest BCUT2D eigenvalue weighted by Gasteiger charge is 2.12. The van der Waals surface area contributed by atoms with E-state index in [1.165, 1.54) is 6.07 Å². The number of nitrogens with zero attached hydrogens (tertiary/aromatic N) is 1. The Morgan fingerprint density at radius 1 is 1.26 bits per heavy atom. The Hall–Kier alpha value is -3.30. The van der Waals surface area contributed by atoms with Crippen LogP contribution in [0.2, 0.25) is 5.02 Å². The number of aryl methyl sites for hydroxylation is 1. The van der Waals surface area contributed by atoms with Crippen LogP contribution in [-0.2, 0) is 16.1 Å². The number of nitriles is 1. The molecule has 7 heteroatoms. The summed E-state index contributed by atoms with van der Waals surface area (Å²) in [4.78, 5) is 23.7. The Kier molecular flexibility index (Phi) is 5.43. The van der Waals surface area contributed by atoms with E-state index in [2.05, 4.69) is 0 Å². The first kappa shape index (κ1) is 18.5. The number of benzene rings is 2. The number of para-hydroxylation sites is 1. The second-order valence-electron chi connectivity index (χ2n) is 5.75. The van der Waals surface area contributed by atoms with E-state index in [1.54, 1.807) is 43.3 Å². The lowest BCUT2D eigenvalue weighted by Crippen LogP contribution is -2.15. The van der Waals surface area contributed by atoms with E-state index in [0.717, 1.165) is 5.56 Å². The van der Waals surface area contributed by atoms with Crippen LogP contribution in [0.25, 0.3) is 11.0 Å². The average molecular weight is 384 g/mol. The predicted molar refractivity (Wildman–Crippen MR) is 98.7 cm³/mol. The number of ether oxygens (including phenoxy) is 2. The van der Waals surface area contributed by atoms with Crippen molar-refractivity contribution in [1.29, 1.82) is 5.26 Å². The van der Waals surface area contributed by atoms with E-state index in [4.69, 9.17) is 30.8 Å². The summed E-state index contributed by atoms with van der Waals surface area (Å²) in [5.74, 6) is -0.340. The maximum Gasteiger partial charge on any atom is 0.344 e. The molecule has 2 aromatic carbocycles. The van der Waals surface area contributed by atoms with Gasteiger partial charge in [-0.1, -0.05) is 23.7 Å². The third-order valence-corrected chi connectivity index (χ3v) is 4.26. The Morgan fingerprint density at radius 3 is 2.81 bits per heavy atom. The van der Waals surface area contributed by atoms with Crippen molar-refractivity contribution in [2.75, 3.05) is 6.61 Å². The number of carbonyl (C=O) groups is 1. The van der Waals surface area contributed by atoms with E-state index >= 15 is 0 Å². The molecule has 0 spiro atoms. The molecule has 0 saturated carbocycles. The van der Waals surface area contributed by atoms with Crippen LogP contribution >= 0.6 is 11.6 Å². The quantitative estimate of drug-likeness (QED) is 0.492. The van der Waals surface area contributed by atoms with Gasteiger partial charge in [-0.3, -0.25) is 0 Å². The minimum atomic E-state index is -0.637. The Balaban J connectivity index is 1.71. The summed E-state index contributed by atoms with van der Waals surface area (Å²) in [6.07, 6.45) is 0. The van der Waals surface area contributed by atoms with Gasteiger partial charge in [0.05, 0.1) is 5.56 Å². The monoisotopic (exact) mass is 383 g/mol. The molecule has 0 atom stereocenters. The van der Waals surface area contributed by atoms with Gasteiger partial charge >= 0.3 is 11.6 Å². The van der Waals surface area contributed by atoms with Gasteiger partial charge in [0.15, 0.2) is 6.61 Å². The Morgan fingerprint density at radius 2 is 2.04 bits per heavy atom. The number of esters is 1. The number of carbonyl (C=O) groups excluding carboxylic acids is 1. The normalized spacial score (nSPS) is 10.4. The number of hydrogen-bond acceptors (Lipinski definition) is 6. The van der Waals surface area contributed by atoms with Gasteiger partial charge in [0.2, 0.25) is 0 Å². The minimum Gasteiger partial charge on any atom is -0.481 e. The summed E-state index contributed by atoms with van der Waals surface area (Å²) in [5.41, 5.74) is 1.39. The van der Waals surface area contributed by atoms with Gasteiger partial charge in [-0.25, -0.2) is 9.59 Å². The summed E-state index contributed by atoms with van der Waals surface area (Å²) >= 11 is 6.13. The largest absolute Gasteiger partial charge is 0.481 e. The van der Waals surface area contributed by atoms with Gasteiger partial charge in [-0.15, -0.1) is 0 Å². The summed E-state index contributed by atoms with van der Waals surface area (Å²) in [5, 5.41) is 10.1. The van der Waals surface area contributed by atoms with Crippen molar-refractivity contribution in [3.8, 4) is 11.8 Å². The van der Waals surface area contributed by atoms with Crippen molar-refractivity contribution in [2.24, 2.45) is 0 Å². The Bertz CT molecular complexity index is 1110. The van der Waals surface area contributed by atoms with Crippen LogP contribution < -0.4 is 10.4 Å². The standard InChI is InChI=1S/C20H14ClNO5/c1-12-6-18-15(8-16(12)21)14(7-19(23)27-18)10-26-20(24)11-25-17-5-3-2-4-13(17)9-22/h2-8H,10-11H2,1H3. The molecule has 0 N–H and O–H groups in total. The predicted octanol–water partition coefficient (Wildman–Crippen LogP) is 3.75. The van der Waals surface area contributed by atoms with Crippen molar-refractivity contribution in [3.05, 3.63) is 74.6 Å². The molecule has 3 rings (SSSR count). The topological polar surface area (TPSA) is 89.5 Å².